The molecule has 0 radical (unpaired) electrons. The number of aldehydes is 1. The summed E-state index contributed by atoms with van der Waals surface area (Å²) in [4.78, 5) is 26.3. The van der Waals surface area contributed by atoms with E-state index in [1.54, 1.807) is 13.2 Å². The summed E-state index contributed by atoms with van der Waals surface area (Å²) in [6.45, 7) is 1.52. The number of fused-ring (bicyclic) bond motifs is 2. The largest absolute Gasteiger partial charge is 0.495 e. The number of hydrogen-bond acceptors (Lipinski definition) is 7. The monoisotopic (exact) mass is 357 g/mol. The molecule has 0 spiro atoms. The first-order chi connectivity index (χ1) is 12.7. The van der Waals surface area contributed by atoms with Crippen LogP contribution in [0.4, 0.5) is 5.69 Å². The quantitative estimate of drug-likeness (QED) is 0.523. The number of nitrogens with zero attached hydrogens (tertiary/aromatic N) is 1. The van der Waals surface area contributed by atoms with Crippen LogP contribution in [0.15, 0.2) is 26.0 Å². The van der Waals surface area contributed by atoms with Gasteiger partial charge in [-0.1, -0.05) is 0 Å². The standard InChI is InChI=1S/C19H19NO6/c1-23-15-11-6-9-25-16(11)18(24-2)17-13(15)14(12(10-21)19(22)26-17)20-7-4-3-5-8-20/h6,9-10H,3-5,7-8H2,1-2H3. The number of carbonyl (C=O) groups is 1. The van der Waals surface area contributed by atoms with Crippen LogP contribution in [0.1, 0.15) is 29.6 Å². The molecule has 1 aliphatic rings. The highest BCUT2D eigenvalue weighted by Gasteiger charge is 2.29. The van der Waals surface area contributed by atoms with E-state index in [-0.39, 0.29) is 11.1 Å². The van der Waals surface area contributed by atoms with E-state index in [4.69, 9.17) is 18.3 Å². The third kappa shape index (κ3) is 2.27. The van der Waals surface area contributed by atoms with E-state index in [1.165, 1.54) is 13.4 Å². The Labute approximate surface area is 149 Å². The van der Waals surface area contributed by atoms with E-state index < -0.39 is 5.63 Å². The van der Waals surface area contributed by atoms with Crippen LogP contribution < -0.4 is 20.0 Å². The van der Waals surface area contributed by atoms with E-state index in [0.29, 0.717) is 39.8 Å². The van der Waals surface area contributed by atoms with Crippen LogP contribution in [-0.4, -0.2) is 33.6 Å². The molecule has 26 heavy (non-hydrogen) atoms. The minimum atomic E-state index is -0.695. The molecule has 7 heteroatoms. The normalized spacial score (nSPS) is 14.8. The van der Waals surface area contributed by atoms with Gasteiger partial charge in [-0.05, 0) is 25.3 Å². The van der Waals surface area contributed by atoms with Gasteiger partial charge in [-0.15, -0.1) is 0 Å². The molecule has 7 nitrogen and oxygen atoms in total. The molecule has 1 aliphatic heterocycles. The molecule has 0 amide bonds. The molecule has 1 saturated heterocycles. The molecule has 3 heterocycles. The van der Waals surface area contributed by atoms with Gasteiger partial charge in [0.25, 0.3) is 0 Å². The predicted molar refractivity (Wildman–Crippen MR) is 96.8 cm³/mol. The smallest absolute Gasteiger partial charge is 0.349 e. The lowest BCUT2D eigenvalue weighted by molar-refractivity contribution is 0.112. The molecule has 0 bridgehead atoms. The Morgan fingerprint density at radius 3 is 2.46 bits per heavy atom. The fourth-order valence-corrected chi connectivity index (χ4v) is 3.76. The molecule has 0 aliphatic carbocycles. The lowest BCUT2D eigenvalue weighted by Crippen LogP contribution is -2.32. The summed E-state index contributed by atoms with van der Waals surface area (Å²) in [5.74, 6) is 0.811. The molecule has 1 aromatic carbocycles. The first kappa shape index (κ1) is 16.5. The molecule has 3 aromatic rings. The van der Waals surface area contributed by atoms with Gasteiger partial charge in [0.05, 0.1) is 36.9 Å². The number of rotatable bonds is 4. The Morgan fingerprint density at radius 1 is 1.08 bits per heavy atom. The van der Waals surface area contributed by atoms with Crippen LogP contribution in [0.2, 0.25) is 0 Å². The van der Waals surface area contributed by atoms with Crippen LogP contribution in [0, 0.1) is 0 Å². The van der Waals surface area contributed by atoms with Crippen LogP contribution in [-0.2, 0) is 0 Å². The van der Waals surface area contributed by atoms with Crippen molar-refractivity contribution in [3.63, 3.8) is 0 Å². The van der Waals surface area contributed by atoms with Crippen molar-refractivity contribution in [3.8, 4) is 11.5 Å². The van der Waals surface area contributed by atoms with Gasteiger partial charge < -0.3 is 23.2 Å². The van der Waals surface area contributed by atoms with Gasteiger partial charge in [0.1, 0.15) is 11.3 Å². The van der Waals surface area contributed by atoms with E-state index in [9.17, 15) is 9.59 Å². The van der Waals surface area contributed by atoms with Crippen molar-refractivity contribution < 1.29 is 23.1 Å². The first-order valence-electron chi connectivity index (χ1n) is 8.53. The van der Waals surface area contributed by atoms with Gasteiger partial charge in [0, 0.05) is 13.1 Å². The van der Waals surface area contributed by atoms with E-state index in [2.05, 4.69) is 4.90 Å². The number of piperidine rings is 1. The van der Waals surface area contributed by atoms with E-state index in [0.717, 1.165) is 32.4 Å². The van der Waals surface area contributed by atoms with Crippen molar-refractivity contribution in [1.29, 1.82) is 0 Å². The molecule has 2 aromatic heterocycles. The number of benzene rings is 1. The molecular formula is C19H19NO6. The number of methoxy groups -OCH3 is 2. The van der Waals surface area contributed by atoms with Gasteiger partial charge >= 0.3 is 5.63 Å². The zero-order chi connectivity index (χ0) is 18.3. The van der Waals surface area contributed by atoms with E-state index >= 15 is 0 Å². The van der Waals surface area contributed by atoms with Gasteiger partial charge in [0.15, 0.2) is 17.5 Å². The maximum atomic E-state index is 12.5. The second-order valence-corrected chi connectivity index (χ2v) is 6.25. The van der Waals surface area contributed by atoms with Crippen LogP contribution in [0.5, 0.6) is 11.5 Å². The summed E-state index contributed by atoms with van der Waals surface area (Å²) in [6.07, 6.45) is 5.19. The first-order valence-corrected chi connectivity index (χ1v) is 8.53. The average Bonchev–Trinajstić information content (AvgIpc) is 3.15. The van der Waals surface area contributed by atoms with Crippen molar-refractivity contribution >= 4 is 33.9 Å². The van der Waals surface area contributed by atoms with Crippen molar-refractivity contribution in [2.75, 3.05) is 32.2 Å². The maximum Gasteiger partial charge on any atom is 0.349 e. The molecule has 0 unspecified atom stereocenters. The second kappa shape index (κ2) is 6.40. The zero-order valence-corrected chi connectivity index (χ0v) is 14.7. The zero-order valence-electron chi connectivity index (χ0n) is 14.7. The highest BCUT2D eigenvalue weighted by molar-refractivity contribution is 6.13. The van der Waals surface area contributed by atoms with Crippen molar-refractivity contribution in [2.45, 2.75) is 19.3 Å². The Kier molecular flexibility index (Phi) is 4.06. The molecule has 4 rings (SSSR count). The van der Waals surface area contributed by atoms with E-state index in [1.807, 2.05) is 0 Å². The van der Waals surface area contributed by atoms with Gasteiger partial charge in [0.2, 0.25) is 5.75 Å². The van der Waals surface area contributed by atoms with Crippen molar-refractivity contribution in [2.24, 2.45) is 0 Å². The molecule has 0 atom stereocenters. The minimum absolute atomic E-state index is 0.00241. The van der Waals surface area contributed by atoms with Crippen LogP contribution in [0.25, 0.3) is 21.9 Å². The average molecular weight is 357 g/mol. The Hall–Kier alpha value is -2.96. The fourth-order valence-electron chi connectivity index (χ4n) is 3.76. The third-order valence-corrected chi connectivity index (χ3v) is 4.88. The lowest BCUT2D eigenvalue weighted by Gasteiger charge is -2.30. The topological polar surface area (TPSA) is 82.1 Å². The Balaban J connectivity index is 2.22. The Bertz CT molecular complexity index is 1040. The molecular weight excluding hydrogens is 338 g/mol. The summed E-state index contributed by atoms with van der Waals surface area (Å²) in [7, 11) is 3.02. The van der Waals surface area contributed by atoms with Crippen LogP contribution >= 0.6 is 0 Å². The summed E-state index contributed by atoms with van der Waals surface area (Å²) < 4.78 is 22.1. The minimum Gasteiger partial charge on any atom is -0.495 e. The third-order valence-electron chi connectivity index (χ3n) is 4.88. The number of anilines is 1. The van der Waals surface area contributed by atoms with Crippen molar-refractivity contribution in [1.82, 2.24) is 0 Å². The molecule has 136 valence electrons. The van der Waals surface area contributed by atoms with Crippen LogP contribution in [0.3, 0.4) is 0 Å². The summed E-state index contributed by atoms with van der Waals surface area (Å²) >= 11 is 0. The fraction of sp³-hybridized carbons (Fsp3) is 0.368. The number of ether oxygens (including phenoxy) is 2. The highest BCUT2D eigenvalue weighted by Crippen LogP contribution is 2.47. The van der Waals surface area contributed by atoms with Gasteiger partial charge in [-0.3, -0.25) is 4.79 Å². The van der Waals surface area contributed by atoms with Gasteiger partial charge in [-0.25, -0.2) is 4.79 Å². The number of hydrogen-bond donors (Lipinski definition) is 0. The number of carbonyl (C=O) groups excluding carboxylic acids is 1. The molecule has 1 fully saturated rings. The van der Waals surface area contributed by atoms with Crippen molar-refractivity contribution in [3.05, 3.63) is 28.3 Å². The highest BCUT2D eigenvalue weighted by atomic mass is 16.5. The van der Waals surface area contributed by atoms with Gasteiger partial charge in [-0.2, -0.15) is 0 Å². The lowest BCUT2D eigenvalue weighted by atomic mass is 10.0. The summed E-state index contributed by atoms with van der Waals surface area (Å²) in [6, 6.07) is 1.77. The summed E-state index contributed by atoms with van der Waals surface area (Å²) in [5.41, 5.74) is 0.512. The SMILES string of the molecule is COc1c2occc2c(OC)c2c(N3CCCCC3)c(C=O)c(=O)oc12. The predicted octanol–water partition coefficient (Wildman–Crippen LogP) is 3.36. The Morgan fingerprint density at radius 2 is 1.81 bits per heavy atom. The number of furan rings is 1. The summed E-state index contributed by atoms with van der Waals surface area (Å²) in [5, 5.41) is 1.25. The molecule has 0 saturated carbocycles. The maximum absolute atomic E-state index is 12.5. The molecule has 0 N–H and O–H groups in total. The second-order valence-electron chi connectivity index (χ2n) is 6.25.